The number of nitriles is 1. The number of aliphatic hydroxyl groups is 1. The Labute approximate surface area is 277 Å². The Morgan fingerprint density at radius 1 is 0.898 bits per heavy atom. The summed E-state index contributed by atoms with van der Waals surface area (Å²) in [5, 5.41) is 31.0. The van der Waals surface area contributed by atoms with Crippen LogP contribution < -0.4 is 9.80 Å². The molecule has 1 aliphatic heterocycles. The molecule has 4 heterocycles. The predicted molar refractivity (Wildman–Crippen MR) is 171 cm³/mol. The molecule has 0 bridgehead atoms. The van der Waals surface area contributed by atoms with Crippen LogP contribution in [-0.2, 0) is 25.1 Å². The van der Waals surface area contributed by atoms with Gasteiger partial charge in [-0.05, 0) is 64.5 Å². The number of pyridine rings is 1. The van der Waals surface area contributed by atoms with E-state index < -0.39 is 41.0 Å². The number of imidazole rings is 1. The van der Waals surface area contributed by atoms with Crippen molar-refractivity contribution in [2.75, 3.05) is 36.0 Å². The zero-order valence-corrected chi connectivity index (χ0v) is 26.0. The number of fused-ring (bicyclic) bond motifs is 1. The summed E-state index contributed by atoms with van der Waals surface area (Å²) < 4.78 is 63.6. The van der Waals surface area contributed by atoms with Gasteiger partial charge < -0.3 is 19.5 Å². The zero-order chi connectivity index (χ0) is 34.3. The van der Waals surface area contributed by atoms with Crippen LogP contribution in [0.4, 0.5) is 29.2 Å². The van der Waals surface area contributed by atoms with Gasteiger partial charge >= 0.3 is 5.92 Å². The molecule has 0 radical (unpaired) electrons. The molecule has 11 nitrogen and oxygen atoms in total. The third-order valence-corrected chi connectivity index (χ3v) is 8.88. The van der Waals surface area contributed by atoms with E-state index in [0.29, 0.717) is 17.2 Å². The second-order valence-corrected chi connectivity index (χ2v) is 11.8. The second kappa shape index (κ2) is 12.3. The van der Waals surface area contributed by atoms with Crippen molar-refractivity contribution >= 4 is 22.7 Å². The van der Waals surface area contributed by atoms with Gasteiger partial charge in [-0.25, -0.2) is 18.4 Å². The molecule has 0 spiro atoms. The Kier molecular flexibility index (Phi) is 7.95. The Morgan fingerprint density at radius 3 is 2.29 bits per heavy atom. The molecular weight excluding hydrogens is 640 g/mol. The average Bonchev–Trinajstić information content (AvgIpc) is 3.75. The van der Waals surface area contributed by atoms with E-state index in [-0.39, 0.29) is 0 Å². The lowest BCUT2D eigenvalue weighted by Crippen LogP contribution is -2.48. The number of alkyl halides is 2. The number of tetrazole rings is 1. The van der Waals surface area contributed by atoms with Gasteiger partial charge in [-0.1, -0.05) is 18.2 Å². The molecular formula is C34H28F4N10O. The molecule has 1 aliphatic rings. The summed E-state index contributed by atoms with van der Waals surface area (Å²) in [7, 11) is 1.96. The highest BCUT2D eigenvalue weighted by atomic mass is 19.3. The van der Waals surface area contributed by atoms with Crippen LogP contribution in [0, 0.1) is 23.0 Å². The van der Waals surface area contributed by atoms with Crippen LogP contribution in [0.15, 0.2) is 85.3 Å². The summed E-state index contributed by atoms with van der Waals surface area (Å²) in [5.41, 5.74) is -0.289. The first kappa shape index (κ1) is 31.7. The Morgan fingerprint density at radius 2 is 1.63 bits per heavy atom. The zero-order valence-electron chi connectivity index (χ0n) is 26.0. The van der Waals surface area contributed by atoms with E-state index in [4.69, 9.17) is 4.98 Å². The number of nitrogens with zero attached hydrogens (tertiary/aromatic N) is 10. The monoisotopic (exact) mass is 668 g/mol. The Balaban J connectivity index is 1.06. The van der Waals surface area contributed by atoms with Crippen molar-refractivity contribution in [2.24, 2.45) is 7.05 Å². The minimum Gasteiger partial charge on any atom is -0.377 e. The molecule has 7 rings (SSSR count). The lowest BCUT2D eigenvalue weighted by atomic mass is 9.84. The number of rotatable bonds is 8. The summed E-state index contributed by atoms with van der Waals surface area (Å²) in [5.74, 6) is -5.64. The SMILES string of the molecule is Cn1c(N2CCN(c3ccc(-c4ccc(C(F)(F)C(O)(Cn5cnnn5)c5ccc(F)cc5F)nc4)cc3)CC2)nc2cc(C#N)ccc21. The normalized spacial score (nSPS) is 15.0. The first-order valence-corrected chi connectivity index (χ1v) is 15.3. The lowest BCUT2D eigenvalue weighted by molar-refractivity contribution is -0.207. The number of aromatic nitrogens is 7. The molecule has 1 fully saturated rings. The van der Waals surface area contributed by atoms with E-state index in [1.807, 2.05) is 41.9 Å². The first-order chi connectivity index (χ1) is 23.6. The van der Waals surface area contributed by atoms with Gasteiger partial charge in [0.1, 0.15) is 23.7 Å². The van der Waals surface area contributed by atoms with Crippen molar-refractivity contribution in [3.8, 4) is 17.2 Å². The minimum absolute atomic E-state index is 0.422. The maximum Gasteiger partial charge on any atom is 0.323 e. The van der Waals surface area contributed by atoms with Gasteiger partial charge in [0.2, 0.25) is 5.95 Å². The summed E-state index contributed by atoms with van der Waals surface area (Å²) in [6.45, 7) is 2.05. The fourth-order valence-corrected chi connectivity index (χ4v) is 6.20. The Bertz CT molecular complexity index is 2160. The quantitative estimate of drug-likeness (QED) is 0.228. The molecule has 248 valence electrons. The van der Waals surface area contributed by atoms with Crippen LogP contribution in [0.5, 0.6) is 0 Å². The van der Waals surface area contributed by atoms with Crippen LogP contribution in [-0.4, -0.2) is 66.0 Å². The highest BCUT2D eigenvalue weighted by Crippen LogP contribution is 2.47. The maximum absolute atomic E-state index is 16.1. The molecule has 3 aromatic heterocycles. The molecule has 3 aromatic carbocycles. The number of benzene rings is 3. The third kappa shape index (κ3) is 5.69. The van der Waals surface area contributed by atoms with Gasteiger partial charge in [-0.3, -0.25) is 4.98 Å². The predicted octanol–water partition coefficient (Wildman–Crippen LogP) is 4.78. The van der Waals surface area contributed by atoms with E-state index in [9.17, 15) is 19.1 Å². The largest absolute Gasteiger partial charge is 0.377 e. The van der Waals surface area contributed by atoms with Crippen LogP contribution in [0.1, 0.15) is 16.8 Å². The fraction of sp³-hybridized carbons (Fsp3) is 0.235. The van der Waals surface area contributed by atoms with Crippen molar-refractivity contribution in [1.29, 1.82) is 5.26 Å². The Hall–Kier alpha value is -5.88. The lowest BCUT2D eigenvalue weighted by Gasteiger charge is -2.36. The van der Waals surface area contributed by atoms with E-state index >= 15 is 8.78 Å². The van der Waals surface area contributed by atoms with E-state index in [1.54, 1.807) is 12.1 Å². The van der Waals surface area contributed by atoms with Gasteiger partial charge in [0.15, 0.2) is 5.60 Å². The van der Waals surface area contributed by atoms with Crippen molar-refractivity contribution < 1.29 is 22.7 Å². The molecule has 0 saturated carbocycles. The highest BCUT2D eigenvalue weighted by molar-refractivity contribution is 5.80. The number of hydrogen-bond acceptors (Lipinski definition) is 9. The highest BCUT2D eigenvalue weighted by Gasteiger charge is 2.58. The van der Waals surface area contributed by atoms with Gasteiger partial charge in [0, 0.05) is 62.3 Å². The molecule has 1 N–H and O–H groups in total. The van der Waals surface area contributed by atoms with E-state index in [1.165, 1.54) is 12.3 Å². The van der Waals surface area contributed by atoms with Gasteiger partial charge in [0.25, 0.3) is 0 Å². The number of halogens is 4. The summed E-state index contributed by atoms with van der Waals surface area (Å²) in [6, 6.07) is 19.8. The summed E-state index contributed by atoms with van der Waals surface area (Å²) in [4.78, 5) is 13.2. The van der Waals surface area contributed by atoms with Crippen molar-refractivity contribution in [3.63, 3.8) is 0 Å². The molecule has 1 atom stereocenters. The number of piperazine rings is 1. The molecule has 6 aromatic rings. The molecule has 1 saturated heterocycles. The van der Waals surface area contributed by atoms with Crippen LogP contribution in [0.2, 0.25) is 0 Å². The van der Waals surface area contributed by atoms with Crippen LogP contribution in [0.25, 0.3) is 22.2 Å². The van der Waals surface area contributed by atoms with Crippen molar-refractivity contribution in [1.82, 2.24) is 34.7 Å². The summed E-state index contributed by atoms with van der Waals surface area (Å²) in [6.07, 6.45) is 2.25. The number of aryl methyl sites for hydroxylation is 1. The number of anilines is 2. The minimum atomic E-state index is -4.15. The smallest absolute Gasteiger partial charge is 0.323 e. The molecule has 1 unspecified atom stereocenters. The van der Waals surface area contributed by atoms with E-state index in [2.05, 4.69) is 36.4 Å². The van der Waals surface area contributed by atoms with Crippen LogP contribution >= 0.6 is 0 Å². The fourth-order valence-electron chi connectivity index (χ4n) is 6.20. The van der Waals surface area contributed by atoms with Crippen molar-refractivity contribution in [2.45, 2.75) is 18.1 Å². The van der Waals surface area contributed by atoms with E-state index in [0.717, 1.165) is 83.6 Å². The average molecular weight is 669 g/mol. The molecule has 0 amide bonds. The molecule has 49 heavy (non-hydrogen) atoms. The second-order valence-electron chi connectivity index (χ2n) is 11.8. The van der Waals surface area contributed by atoms with Gasteiger partial charge in [0.05, 0.1) is 29.2 Å². The van der Waals surface area contributed by atoms with Crippen LogP contribution in [0.3, 0.4) is 0 Å². The van der Waals surface area contributed by atoms with Gasteiger partial charge in [-0.2, -0.15) is 14.0 Å². The molecule has 15 heteroatoms. The third-order valence-electron chi connectivity index (χ3n) is 8.88. The van der Waals surface area contributed by atoms with Gasteiger partial charge in [-0.15, -0.1) is 5.10 Å². The standard InChI is InChI=1S/C34H28F4N10O/c1-45-30-10-2-22(18-39)16-29(30)42-32(45)47-14-12-46(13-15-47)26-7-3-23(4-8-26)24-5-11-31(40-19-24)34(37,38)33(49,20-48-21-41-43-44-48)27-9-6-25(35)17-28(27)36/h2-11,16-17,19,21,49H,12-15,20H2,1H3. The summed E-state index contributed by atoms with van der Waals surface area (Å²) >= 11 is 0. The molecule has 0 aliphatic carbocycles. The maximum atomic E-state index is 16.1. The van der Waals surface area contributed by atoms with Crippen molar-refractivity contribution in [3.05, 3.63) is 114 Å². The first-order valence-electron chi connectivity index (χ1n) is 15.3. The topological polar surface area (TPSA) is 125 Å². The number of hydrogen-bond donors (Lipinski definition) is 1.